The molecule has 2 nitrogen and oxygen atoms in total. The molecule has 1 atom stereocenters. The van der Waals surface area contributed by atoms with Crippen LogP contribution in [-0.2, 0) is 4.79 Å². The molecule has 0 N–H and O–H groups in total. The van der Waals surface area contributed by atoms with Gasteiger partial charge in [-0.25, -0.2) is 0 Å². The summed E-state index contributed by atoms with van der Waals surface area (Å²) in [4.78, 5) is 13.8. The van der Waals surface area contributed by atoms with Crippen LogP contribution in [0.4, 0.5) is 5.69 Å². The molecule has 2 bridgehead atoms. The number of benzene rings is 1. The Morgan fingerprint density at radius 1 is 1.31 bits per heavy atom. The zero-order chi connectivity index (χ0) is 8.84. The maximum atomic E-state index is 11.6. The first-order valence-electron chi connectivity index (χ1n) is 4.73. The fourth-order valence-electron chi connectivity index (χ4n) is 2.43. The van der Waals surface area contributed by atoms with Crippen molar-refractivity contribution in [3.05, 3.63) is 29.8 Å². The molecule has 1 saturated heterocycles. The van der Waals surface area contributed by atoms with Gasteiger partial charge in [-0.1, -0.05) is 18.2 Å². The minimum Gasteiger partial charge on any atom is -0.364 e. The number of carbonyl (C=O) groups excluding carboxylic acids is 1. The van der Waals surface area contributed by atoms with Crippen molar-refractivity contribution in [2.24, 2.45) is 0 Å². The van der Waals surface area contributed by atoms with Crippen LogP contribution in [0.5, 0.6) is 0 Å². The van der Waals surface area contributed by atoms with Gasteiger partial charge in [0.15, 0.2) is 5.78 Å². The standard InChI is InChI=1S/C11H11NO/c13-11-7-12-6-5-9(11)8-3-1-2-4-10(8)12/h1-4,9H,5-7H2. The van der Waals surface area contributed by atoms with Crippen molar-refractivity contribution in [2.45, 2.75) is 12.3 Å². The molecule has 1 fully saturated rings. The van der Waals surface area contributed by atoms with Crippen LogP contribution in [0.15, 0.2) is 24.3 Å². The van der Waals surface area contributed by atoms with Crippen LogP contribution >= 0.6 is 0 Å². The highest BCUT2D eigenvalue weighted by atomic mass is 16.1. The van der Waals surface area contributed by atoms with E-state index in [4.69, 9.17) is 0 Å². The van der Waals surface area contributed by atoms with Gasteiger partial charge < -0.3 is 4.90 Å². The molecular weight excluding hydrogens is 162 g/mol. The van der Waals surface area contributed by atoms with Crippen molar-refractivity contribution in [1.82, 2.24) is 0 Å². The molecule has 1 aromatic carbocycles. The maximum absolute atomic E-state index is 11.6. The van der Waals surface area contributed by atoms with Gasteiger partial charge in [0.05, 0.1) is 6.54 Å². The van der Waals surface area contributed by atoms with Crippen molar-refractivity contribution in [3.63, 3.8) is 0 Å². The monoisotopic (exact) mass is 173 g/mol. The van der Waals surface area contributed by atoms with Crippen molar-refractivity contribution in [1.29, 1.82) is 0 Å². The van der Waals surface area contributed by atoms with E-state index in [9.17, 15) is 4.79 Å². The molecule has 3 aliphatic rings. The predicted octanol–water partition coefficient (Wildman–Crippen LogP) is 1.56. The van der Waals surface area contributed by atoms with E-state index in [0.717, 1.165) is 13.0 Å². The molecule has 1 unspecified atom stereocenters. The summed E-state index contributed by atoms with van der Waals surface area (Å²) in [6, 6.07) is 8.27. The largest absolute Gasteiger partial charge is 0.364 e. The van der Waals surface area contributed by atoms with Gasteiger partial charge in [-0.05, 0) is 18.1 Å². The van der Waals surface area contributed by atoms with Gasteiger partial charge in [-0.3, -0.25) is 4.79 Å². The lowest BCUT2D eigenvalue weighted by Crippen LogP contribution is -2.45. The van der Waals surface area contributed by atoms with E-state index >= 15 is 0 Å². The van der Waals surface area contributed by atoms with Crippen molar-refractivity contribution < 1.29 is 4.79 Å². The Kier molecular flexibility index (Phi) is 1.29. The Bertz CT molecular complexity index is 372. The molecule has 1 aromatic rings. The highest BCUT2D eigenvalue weighted by Crippen LogP contribution is 2.39. The fourth-order valence-corrected chi connectivity index (χ4v) is 2.43. The number of ketones is 1. The van der Waals surface area contributed by atoms with Gasteiger partial charge in [0.1, 0.15) is 0 Å². The number of carbonyl (C=O) groups is 1. The first kappa shape index (κ1) is 7.13. The lowest BCUT2D eigenvalue weighted by Gasteiger charge is -2.40. The summed E-state index contributed by atoms with van der Waals surface area (Å²) >= 11 is 0. The number of nitrogens with zero attached hydrogens (tertiary/aromatic N) is 1. The molecule has 66 valence electrons. The molecule has 0 spiro atoms. The third kappa shape index (κ3) is 0.857. The Morgan fingerprint density at radius 2 is 2.15 bits per heavy atom. The minimum absolute atomic E-state index is 0.196. The normalized spacial score (nSPS) is 24.8. The van der Waals surface area contributed by atoms with E-state index in [-0.39, 0.29) is 5.92 Å². The van der Waals surface area contributed by atoms with Gasteiger partial charge in [-0.15, -0.1) is 0 Å². The molecule has 13 heavy (non-hydrogen) atoms. The Labute approximate surface area is 77.2 Å². The van der Waals surface area contributed by atoms with Crippen LogP contribution in [0, 0.1) is 0 Å². The predicted molar refractivity (Wildman–Crippen MR) is 51.0 cm³/mol. The van der Waals surface area contributed by atoms with Gasteiger partial charge in [0.2, 0.25) is 0 Å². The summed E-state index contributed by atoms with van der Waals surface area (Å²) in [5.74, 6) is 0.589. The topological polar surface area (TPSA) is 20.3 Å². The number of para-hydroxylation sites is 1. The summed E-state index contributed by atoms with van der Waals surface area (Å²) < 4.78 is 0. The van der Waals surface area contributed by atoms with Crippen LogP contribution in [-0.4, -0.2) is 18.9 Å². The minimum atomic E-state index is 0.196. The Morgan fingerprint density at radius 3 is 3.00 bits per heavy atom. The Hall–Kier alpha value is -1.31. The van der Waals surface area contributed by atoms with Crippen LogP contribution in [0.3, 0.4) is 0 Å². The number of hydrogen-bond acceptors (Lipinski definition) is 2. The smallest absolute Gasteiger partial charge is 0.159 e. The third-order valence-electron chi connectivity index (χ3n) is 3.08. The molecule has 2 heteroatoms. The SMILES string of the molecule is O=C1CN2CCC1c1ccccc12. The van der Waals surface area contributed by atoms with Crippen molar-refractivity contribution >= 4 is 11.5 Å². The molecule has 0 amide bonds. The lowest BCUT2D eigenvalue weighted by molar-refractivity contribution is -0.120. The zero-order valence-corrected chi connectivity index (χ0v) is 7.36. The fraction of sp³-hybridized carbons (Fsp3) is 0.364. The highest BCUT2D eigenvalue weighted by molar-refractivity contribution is 5.95. The molecule has 0 radical (unpaired) electrons. The highest BCUT2D eigenvalue weighted by Gasteiger charge is 2.36. The first-order valence-corrected chi connectivity index (χ1v) is 4.73. The van der Waals surface area contributed by atoms with Gasteiger partial charge in [0, 0.05) is 18.2 Å². The van der Waals surface area contributed by atoms with E-state index in [1.807, 2.05) is 12.1 Å². The van der Waals surface area contributed by atoms with Gasteiger partial charge >= 0.3 is 0 Å². The van der Waals surface area contributed by atoms with Crippen LogP contribution in [0.25, 0.3) is 0 Å². The van der Waals surface area contributed by atoms with E-state index in [1.54, 1.807) is 0 Å². The first-order chi connectivity index (χ1) is 6.36. The third-order valence-corrected chi connectivity index (χ3v) is 3.08. The molecule has 0 aliphatic carbocycles. The summed E-state index contributed by atoms with van der Waals surface area (Å²) in [7, 11) is 0. The van der Waals surface area contributed by atoms with E-state index in [1.165, 1.54) is 11.3 Å². The van der Waals surface area contributed by atoms with E-state index in [2.05, 4.69) is 17.0 Å². The Balaban J connectivity index is 2.21. The van der Waals surface area contributed by atoms with Crippen LogP contribution < -0.4 is 4.90 Å². The lowest BCUT2D eigenvalue weighted by atomic mass is 9.82. The molecule has 3 aliphatic heterocycles. The summed E-state index contributed by atoms with van der Waals surface area (Å²) in [5, 5.41) is 0. The molecule has 0 aromatic heterocycles. The summed E-state index contributed by atoms with van der Waals surface area (Å²) in [6.07, 6.45) is 1.01. The summed E-state index contributed by atoms with van der Waals surface area (Å²) in [5.41, 5.74) is 2.52. The van der Waals surface area contributed by atoms with E-state index < -0.39 is 0 Å². The second-order valence-corrected chi connectivity index (χ2v) is 3.79. The number of anilines is 1. The quantitative estimate of drug-likeness (QED) is 0.593. The number of piperidine rings is 1. The molecule has 3 heterocycles. The van der Waals surface area contributed by atoms with Crippen LogP contribution in [0.1, 0.15) is 17.9 Å². The van der Waals surface area contributed by atoms with E-state index in [0.29, 0.717) is 12.3 Å². The molecular formula is C11H11NO. The van der Waals surface area contributed by atoms with Crippen molar-refractivity contribution in [3.8, 4) is 0 Å². The van der Waals surface area contributed by atoms with Crippen molar-refractivity contribution in [2.75, 3.05) is 18.0 Å². The second kappa shape index (κ2) is 2.34. The molecule has 4 rings (SSSR count). The number of fused-ring (bicyclic) bond motifs is 2. The number of rotatable bonds is 0. The van der Waals surface area contributed by atoms with Crippen LogP contribution in [0.2, 0.25) is 0 Å². The zero-order valence-electron chi connectivity index (χ0n) is 7.36. The molecule has 0 saturated carbocycles. The van der Waals surface area contributed by atoms with Gasteiger partial charge in [0.25, 0.3) is 0 Å². The second-order valence-electron chi connectivity index (χ2n) is 3.79. The number of hydrogen-bond donors (Lipinski definition) is 0. The van der Waals surface area contributed by atoms with Gasteiger partial charge in [-0.2, -0.15) is 0 Å². The average molecular weight is 173 g/mol. The average Bonchev–Trinajstić information content (AvgIpc) is 2.19. The summed E-state index contributed by atoms with van der Waals surface area (Å²) in [6.45, 7) is 1.68. The maximum Gasteiger partial charge on any atom is 0.159 e. The number of Topliss-reactive ketones (excluding diaryl/α,β-unsaturated/α-hetero) is 1.